The molecule has 0 aromatic rings. The topological polar surface area (TPSA) is 276 Å². The highest BCUT2D eigenvalue weighted by Crippen LogP contribution is 2.34. The van der Waals surface area contributed by atoms with Crippen molar-refractivity contribution in [3.8, 4) is 0 Å². The molecule has 0 saturated carbocycles. The van der Waals surface area contributed by atoms with E-state index in [0.29, 0.717) is 0 Å². The number of hydrogen-bond donors (Lipinski definition) is 11. The van der Waals surface area contributed by atoms with Crippen LogP contribution >= 0.6 is 0 Å². The molecule has 0 spiro atoms. The summed E-state index contributed by atoms with van der Waals surface area (Å²) in [4.78, 5) is 34.7. The average Bonchev–Trinajstić information content (AvgIpc) is 2.79. The zero-order valence-electron chi connectivity index (χ0n) is 19.1. The van der Waals surface area contributed by atoms with E-state index in [-0.39, 0.29) is 0 Å². The predicted molar refractivity (Wildman–Crippen MR) is 111 cm³/mol. The van der Waals surface area contributed by atoms with Crippen molar-refractivity contribution < 1.29 is 69.8 Å². The number of hydrogen-bond acceptors (Lipinski definition) is 13. The minimum Gasteiger partial charge on any atom is -0.477 e. The molecule has 0 bridgehead atoms. The lowest BCUT2D eigenvalue weighted by molar-refractivity contribution is -0.317. The number of aliphatic hydroxyl groups is 8. The molecular weight excluding hydrogens is 480 g/mol. The largest absolute Gasteiger partial charge is 0.477 e. The smallest absolute Gasteiger partial charge is 0.364 e. The van der Waals surface area contributed by atoms with Crippen LogP contribution in [0.3, 0.4) is 0 Å². The van der Waals surface area contributed by atoms with Crippen LogP contribution in [0.5, 0.6) is 0 Å². The number of aliphatic hydroxyl groups excluding tert-OH is 8. The van der Waals surface area contributed by atoms with Gasteiger partial charge in [0.15, 0.2) is 0 Å². The fourth-order valence-corrected chi connectivity index (χ4v) is 3.56. The number of rotatable bonds is 13. The number of carboxylic acids is 1. The third kappa shape index (κ3) is 8.01. The Kier molecular flexibility index (Phi) is 11.8. The molecule has 16 heteroatoms. The zero-order chi connectivity index (χ0) is 27.1. The fraction of sp³-hybridized carbons (Fsp3) is 0.842. The van der Waals surface area contributed by atoms with Crippen LogP contribution in [0.15, 0.2) is 0 Å². The van der Waals surface area contributed by atoms with Crippen molar-refractivity contribution in [2.75, 3.05) is 19.8 Å². The molecule has 0 aromatic heterocycles. The quantitative estimate of drug-likeness (QED) is 0.109. The highest BCUT2D eigenvalue weighted by Gasteiger charge is 2.56. The first-order valence-electron chi connectivity index (χ1n) is 10.6. The summed E-state index contributed by atoms with van der Waals surface area (Å²) in [5.74, 6) is -5.96. The SMILES string of the molecule is CC(=O)N[C@H]1[C@H]([C@H](O)[C@H](O)CO)O[C@@](OC[C@@H](O)[C@@H](O)[C@H](O)[C@H](CO)NC(C)=O)(C(=O)O)C[C@@H]1O. The van der Waals surface area contributed by atoms with Gasteiger partial charge in [-0.1, -0.05) is 0 Å². The maximum absolute atomic E-state index is 12.0. The molecule has 2 amide bonds. The predicted octanol–water partition coefficient (Wildman–Crippen LogP) is -6.27. The monoisotopic (exact) mass is 514 g/mol. The van der Waals surface area contributed by atoms with E-state index >= 15 is 0 Å². The third-order valence-electron chi connectivity index (χ3n) is 5.42. The van der Waals surface area contributed by atoms with Gasteiger partial charge in [-0.05, 0) is 0 Å². The van der Waals surface area contributed by atoms with Gasteiger partial charge in [0.1, 0.15) is 36.6 Å². The normalized spacial score (nSPS) is 29.8. The Labute approximate surface area is 199 Å². The van der Waals surface area contributed by atoms with E-state index in [1.165, 1.54) is 0 Å². The van der Waals surface area contributed by atoms with Crippen LogP contribution < -0.4 is 10.6 Å². The summed E-state index contributed by atoms with van der Waals surface area (Å²) < 4.78 is 10.5. The van der Waals surface area contributed by atoms with Gasteiger partial charge in [-0.15, -0.1) is 0 Å². The van der Waals surface area contributed by atoms with E-state index in [0.717, 1.165) is 13.8 Å². The fourth-order valence-electron chi connectivity index (χ4n) is 3.56. The van der Waals surface area contributed by atoms with Crippen LogP contribution in [-0.4, -0.2) is 144 Å². The Bertz CT molecular complexity index is 726. The van der Waals surface area contributed by atoms with Gasteiger partial charge in [-0.2, -0.15) is 0 Å². The Morgan fingerprint density at radius 3 is 2.06 bits per heavy atom. The molecule has 1 saturated heterocycles. The molecular formula is C19H34N2O14. The van der Waals surface area contributed by atoms with Gasteiger partial charge in [0, 0.05) is 20.3 Å². The van der Waals surface area contributed by atoms with Crippen molar-refractivity contribution in [3.05, 3.63) is 0 Å². The number of amides is 2. The standard InChI is InChI=1S/C19H34N2O14/c1-7(24)20-9(4-22)14(29)15(30)12(28)6-34-19(18(32)33)3-10(26)13(21-8(2)25)17(35-19)16(31)11(27)5-23/h9-17,22-23,26-31H,3-6H2,1-2H3,(H,20,24)(H,21,25)(H,32,33)/t9-,10-,11+,12+,13+,14+,15+,16+,17+,19+/m0/s1. The van der Waals surface area contributed by atoms with Crippen molar-refractivity contribution in [1.82, 2.24) is 10.6 Å². The third-order valence-corrected chi connectivity index (χ3v) is 5.42. The molecule has 1 aliphatic rings. The molecule has 0 aromatic carbocycles. The van der Waals surface area contributed by atoms with Crippen molar-refractivity contribution in [2.45, 2.75) is 80.9 Å². The first-order valence-corrected chi connectivity index (χ1v) is 10.6. The van der Waals surface area contributed by atoms with Crippen molar-refractivity contribution in [1.29, 1.82) is 0 Å². The van der Waals surface area contributed by atoms with Crippen LogP contribution in [0.25, 0.3) is 0 Å². The molecule has 16 nitrogen and oxygen atoms in total. The second-order valence-corrected chi connectivity index (χ2v) is 8.23. The average molecular weight is 514 g/mol. The molecule has 204 valence electrons. The number of ether oxygens (including phenoxy) is 2. The molecule has 1 rings (SSSR count). The molecule has 0 radical (unpaired) electrons. The molecule has 1 fully saturated rings. The maximum atomic E-state index is 12.0. The van der Waals surface area contributed by atoms with Gasteiger partial charge in [0.05, 0.1) is 38.0 Å². The van der Waals surface area contributed by atoms with Crippen LogP contribution in [-0.2, 0) is 23.9 Å². The van der Waals surface area contributed by atoms with E-state index in [1.54, 1.807) is 0 Å². The number of carbonyl (C=O) groups excluding carboxylic acids is 2. The number of carboxylic acid groups (broad SMARTS) is 1. The van der Waals surface area contributed by atoms with Gasteiger partial charge in [-0.3, -0.25) is 9.59 Å². The van der Waals surface area contributed by atoms with Crippen LogP contribution in [0.2, 0.25) is 0 Å². The summed E-state index contributed by atoms with van der Waals surface area (Å²) in [6.45, 7) is -0.662. The lowest BCUT2D eigenvalue weighted by Gasteiger charge is -2.46. The minimum atomic E-state index is -2.77. The Balaban J connectivity index is 3.11. The van der Waals surface area contributed by atoms with E-state index in [1.807, 2.05) is 0 Å². The summed E-state index contributed by atoms with van der Waals surface area (Å²) in [5.41, 5.74) is 0. The highest BCUT2D eigenvalue weighted by molar-refractivity contribution is 5.76. The minimum absolute atomic E-state index is 0.654. The summed E-state index contributed by atoms with van der Waals surface area (Å²) in [7, 11) is 0. The summed E-state index contributed by atoms with van der Waals surface area (Å²) in [6, 6.07) is -2.81. The number of carbonyl (C=O) groups is 3. The number of aliphatic carboxylic acids is 1. The first-order chi connectivity index (χ1) is 16.2. The van der Waals surface area contributed by atoms with Crippen molar-refractivity contribution in [2.24, 2.45) is 0 Å². The second-order valence-electron chi connectivity index (χ2n) is 8.23. The summed E-state index contributed by atoms with van der Waals surface area (Å²) in [5, 5.41) is 93.7. The Morgan fingerprint density at radius 2 is 1.60 bits per heavy atom. The molecule has 1 heterocycles. The van der Waals surface area contributed by atoms with E-state index < -0.39 is 105 Å². The molecule has 0 unspecified atom stereocenters. The summed E-state index contributed by atoms with van der Waals surface area (Å²) in [6.07, 6.45) is -14.2. The van der Waals surface area contributed by atoms with Gasteiger partial charge in [0.2, 0.25) is 11.8 Å². The van der Waals surface area contributed by atoms with E-state index in [4.69, 9.17) is 14.6 Å². The van der Waals surface area contributed by atoms with Gasteiger partial charge in [0.25, 0.3) is 5.79 Å². The highest BCUT2D eigenvalue weighted by atomic mass is 16.7. The van der Waals surface area contributed by atoms with Crippen LogP contribution in [0, 0.1) is 0 Å². The van der Waals surface area contributed by atoms with Gasteiger partial charge >= 0.3 is 5.97 Å². The lowest BCUT2D eigenvalue weighted by Crippen LogP contribution is -2.68. The maximum Gasteiger partial charge on any atom is 0.364 e. The van der Waals surface area contributed by atoms with Crippen LogP contribution in [0.4, 0.5) is 0 Å². The van der Waals surface area contributed by atoms with Crippen molar-refractivity contribution in [3.63, 3.8) is 0 Å². The van der Waals surface area contributed by atoms with E-state index in [2.05, 4.69) is 10.6 Å². The summed E-state index contributed by atoms with van der Waals surface area (Å²) >= 11 is 0. The molecule has 10 atom stereocenters. The first kappa shape index (κ1) is 31.0. The molecule has 0 aliphatic carbocycles. The Morgan fingerprint density at radius 1 is 1.00 bits per heavy atom. The number of nitrogens with one attached hydrogen (secondary N) is 2. The molecule has 35 heavy (non-hydrogen) atoms. The van der Waals surface area contributed by atoms with Gasteiger partial charge < -0.3 is 66.1 Å². The second kappa shape index (κ2) is 13.4. The van der Waals surface area contributed by atoms with Gasteiger partial charge in [-0.25, -0.2) is 4.79 Å². The van der Waals surface area contributed by atoms with Crippen molar-refractivity contribution >= 4 is 17.8 Å². The van der Waals surface area contributed by atoms with Crippen LogP contribution in [0.1, 0.15) is 20.3 Å². The van der Waals surface area contributed by atoms with E-state index in [9.17, 15) is 55.2 Å². The lowest BCUT2D eigenvalue weighted by atomic mass is 9.88. The molecule has 1 aliphatic heterocycles. The molecule has 11 N–H and O–H groups in total. The zero-order valence-corrected chi connectivity index (χ0v) is 19.1. The Hall–Kier alpha value is -1.99.